The molecule has 0 aliphatic carbocycles. The topological polar surface area (TPSA) is 84.9 Å². The number of rotatable bonds is 4. The second-order valence-corrected chi connectivity index (χ2v) is 5.78. The maximum atomic E-state index is 12.1. The van der Waals surface area contributed by atoms with Crippen LogP contribution in [0.2, 0.25) is 5.02 Å². The lowest BCUT2D eigenvalue weighted by atomic mass is 10.2. The molecule has 2 N–H and O–H groups in total. The molecule has 0 bridgehead atoms. The summed E-state index contributed by atoms with van der Waals surface area (Å²) in [4.78, 5) is 22.9. The quantitative estimate of drug-likeness (QED) is 0.841. The Bertz CT molecular complexity index is 580. The second kappa shape index (κ2) is 6.64. The molecule has 1 heterocycles. The van der Waals surface area contributed by atoms with Crippen LogP contribution in [-0.2, 0) is 14.3 Å². The van der Waals surface area contributed by atoms with Crippen LogP contribution in [0.25, 0.3) is 0 Å². The molecule has 2 atom stereocenters. The van der Waals surface area contributed by atoms with Crippen LogP contribution < -0.4 is 10.1 Å². The van der Waals surface area contributed by atoms with Gasteiger partial charge in [0.05, 0.1) is 17.3 Å². The smallest absolute Gasteiger partial charge is 0.332 e. The number of carboxylic acid groups (broad SMARTS) is 1. The van der Waals surface area contributed by atoms with E-state index in [4.69, 9.17) is 26.2 Å². The van der Waals surface area contributed by atoms with Crippen molar-refractivity contribution in [3.63, 3.8) is 0 Å². The van der Waals surface area contributed by atoms with Crippen LogP contribution >= 0.6 is 27.5 Å². The molecule has 1 aliphatic rings. The molecule has 0 radical (unpaired) electrons. The van der Waals surface area contributed by atoms with Crippen LogP contribution in [0.15, 0.2) is 16.6 Å². The van der Waals surface area contributed by atoms with Gasteiger partial charge in [-0.1, -0.05) is 11.6 Å². The first-order valence-corrected chi connectivity index (χ1v) is 7.31. The average Bonchev–Trinajstić information content (AvgIpc) is 2.88. The van der Waals surface area contributed by atoms with Crippen molar-refractivity contribution in [1.29, 1.82) is 0 Å². The van der Waals surface area contributed by atoms with Crippen LogP contribution in [0, 0.1) is 0 Å². The summed E-state index contributed by atoms with van der Waals surface area (Å²) in [5.74, 6) is -1.06. The van der Waals surface area contributed by atoms with Gasteiger partial charge in [0.25, 0.3) is 5.91 Å². The van der Waals surface area contributed by atoms with Crippen molar-refractivity contribution in [2.45, 2.75) is 25.0 Å². The van der Waals surface area contributed by atoms with Gasteiger partial charge in [0, 0.05) is 5.02 Å². The van der Waals surface area contributed by atoms with Crippen LogP contribution in [0.5, 0.6) is 5.75 Å². The van der Waals surface area contributed by atoms with E-state index >= 15 is 0 Å². The Morgan fingerprint density at radius 1 is 1.43 bits per heavy atom. The molecular formula is C13H13BrClNO5. The molecule has 1 amide bonds. The van der Waals surface area contributed by atoms with Gasteiger partial charge in [-0.3, -0.25) is 4.79 Å². The number of aliphatic carboxylic acids is 1. The number of carbonyl (C=O) groups excluding carboxylic acids is 1. The first kappa shape index (κ1) is 16.1. The van der Waals surface area contributed by atoms with Gasteiger partial charge in [-0.2, -0.15) is 0 Å². The maximum absolute atomic E-state index is 12.1. The number of hydrogen-bond donors (Lipinski definition) is 2. The Balaban J connectivity index is 2.12. The van der Waals surface area contributed by atoms with Crippen molar-refractivity contribution >= 4 is 45.1 Å². The van der Waals surface area contributed by atoms with E-state index in [1.54, 1.807) is 12.1 Å². The number of ether oxygens (including phenoxy) is 2. The van der Waals surface area contributed by atoms with Gasteiger partial charge in [0.1, 0.15) is 6.10 Å². The third kappa shape index (κ3) is 3.66. The van der Waals surface area contributed by atoms with Crippen molar-refractivity contribution in [2.75, 3.05) is 12.4 Å². The fourth-order valence-electron chi connectivity index (χ4n) is 2.09. The van der Waals surface area contributed by atoms with Crippen molar-refractivity contribution in [3.05, 3.63) is 21.6 Å². The summed E-state index contributed by atoms with van der Waals surface area (Å²) in [5, 5.41) is 11.9. The molecule has 1 saturated heterocycles. The SMILES string of the molecule is COc1c(Br)cc(Cl)cc1NC(=O)C1CCC(C(=O)O)O1. The molecule has 114 valence electrons. The summed E-state index contributed by atoms with van der Waals surface area (Å²) < 4.78 is 11.0. The number of carbonyl (C=O) groups is 2. The van der Waals surface area contributed by atoms with Gasteiger partial charge in [0.2, 0.25) is 0 Å². The molecule has 21 heavy (non-hydrogen) atoms. The summed E-state index contributed by atoms with van der Waals surface area (Å²) in [6, 6.07) is 3.19. The number of anilines is 1. The highest BCUT2D eigenvalue weighted by Gasteiger charge is 2.35. The van der Waals surface area contributed by atoms with Crippen LogP contribution in [0.3, 0.4) is 0 Å². The minimum absolute atomic E-state index is 0.309. The molecule has 2 rings (SSSR count). The number of nitrogens with one attached hydrogen (secondary N) is 1. The molecule has 1 fully saturated rings. The maximum Gasteiger partial charge on any atom is 0.332 e. The van der Waals surface area contributed by atoms with Gasteiger partial charge in [0.15, 0.2) is 11.9 Å². The normalized spacial score (nSPS) is 21.1. The molecule has 8 heteroatoms. The number of hydrogen-bond acceptors (Lipinski definition) is 4. The third-order valence-electron chi connectivity index (χ3n) is 3.06. The molecule has 1 aliphatic heterocycles. The first-order valence-electron chi connectivity index (χ1n) is 6.14. The van der Waals surface area contributed by atoms with Crippen molar-refractivity contribution in [2.24, 2.45) is 0 Å². The average molecular weight is 379 g/mol. The van der Waals surface area contributed by atoms with Crippen LogP contribution in [0.4, 0.5) is 5.69 Å². The van der Waals surface area contributed by atoms with Crippen molar-refractivity contribution in [1.82, 2.24) is 0 Å². The van der Waals surface area contributed by atoms with Gasteiger partial charge in [-0.25, -0.2) is 4.79 Å². The van der Waals surface area contributed by atoms with Crippen molar-refractivity contribution < 1.29 is 24.2 Å². The van der Waals surface area contributed by atoms with E-state index in [2.05, 4.69) is 21.2 Å². The zero-order valence-electron chi connectivity index (χ0n) is 11.1. The summed E-state index contributed by atoms with van der Waals surface area (Å²) in [6.07, 6.45) is -1.07. The molecular weight excluding hydrogens is 366 g/mol. The molecule has 1 aromatic rings. The third-order valence-corrected chi connectivity index (χ3v) is 3.87. The molecule has 0 saturated carbocycles. The second-order valence-electron chi connectivity index (χ2n) is 4.49. The van der Waals surface area contributed by atoms with E-state index < -0.39 is 24.1 Å². The number of amides is 1. The Kier molecular flexibility index (Phi) is 5.08. The van der Waals surface area contributed by atoms with E-state index in [1.807, 2.05) is 0 Å². The molecule has 2 unspecified atom stereocenters. The molecule has 0 spiro atoms. The summed E-state index contributed by atoms with van der Waals surface area (Å²) in [7, 11) is 1.47. The number of halogens is 2. The predicted octanol–water partition coefficient (Wildman–Crippen LogP) is 2.68. The van der Waals surface area contributed by atoms with Gasteiger partial charge in [-0.15, -0.1) is 0 Å². The lowest BCUT2D eigenvalue weighted by molar-refractivity contribution is -0.150. The highest BCUT2D eigenvalue weighted by molar-refractivity contribution is 9.10. The zero-order chi connectivity index (χ0) is 15.6. The monoisotopic (exact) mass is 377 g/mol. The summed E-state index contributed by atoms with van der Waals surface area (Å²) in [5.41, 5.74) is 0.393. The minimum Gasteiger partial charge on any atom is -0.493 e. The van der Waals surface area contributed by atoms with Gasteiger partial charge in [-0.05, 0) is 40.9 Å². The Morgan fingerprint density at radius 3 is 2.67 bits per heavy atom. The number of benzene rings is 1. The number of carboxylic acids is 1. The highest BCUT2D eigenvalue weighted by atomic mass is 79.9. The van der Waals surface area contributed by atoms with Gasteiger partial charge >= 0.3 is 5.97 Å². The van der Waals surface area contributed by atoms with E-state index in [1.165, 1.54) is 7.11 Å². The van der Waals surface area contributed by atoms with E-state index in [9.17, 15) is 9.59 Å². The standard InChI is InChI=1S/C13H13BrClNO5/c1-20-11-7(14)4-6(15)5-8(11)16-12(17)9-2-3-10(21-9)13(18)19/h4-5,9-10H,2-3H2,1H3,(H,16,17)(H,18,19). The zero-order valence-corrected chi connectivity index (χ0v) is 13.4. The fraction of sp³-hybridized carbons (Fsp3) is 0.385. The Labute approximate surface area is 134 Å². The van der Waals surface area contributed by atoms with Gasteiger partial charge < -0.3 is 19.9 Å². The van der Waals surface area contributed by atoms with E-state index in [-0.39, 0.29) is 0 Å². The predicted molar refractivity (Wildman–Crippen MR) is 79.9 cm³/mol. The largest absolute Gasteiger partial charge is 0.493 e. The van der Waals surface area contributed by atoms with E-state index in [0.717, 1.165) is 0 Å². The Hall–Kier alpha value is -1.31. The van der Waals surface area contributed by atoms with Crippen molar-refractivity contribution in [3.8, 4) is 5.75 Å². The fourth-order valence-corrected chi connectivity index (χ4v) is 3.06. The lowest BCUT2D eigenvalue weighted by Gasteiger charge is -2.15. The minimum atomic E-state index is -1.06. The Morgan fingerprint density at radius 2 is 2.10 bits per heavy atom. The highest BCUT2D eigenvalue weighted by Crippen LogP contribution is 2.36. The number of methoxy groups -OCH3 is 1. The van der Waals surface area contributed by atoms with Crippen LogP contribution in [0.1, 0.15) is 12.8 Å². The molecule has 1 aromatic carbocycles. The van der Waals surface area contributed by atoms with Crippen LogP contribution in [-0.4, -0.2) is 36.3 Å². The molecule has 0 aromatic heterocycles. The molecule has 6 nitrogen and oxygen atoms in total. The summed E-state index contributed by atoms with van der Waals surface area (Å²) >= 11 is 9.23. The lowest BCUT2D eigenvalue weighted by Crippen LogP contribution is -2.30. The first-order chi connectivity index (χ1) is 9.92. The van der Waals surface area contributed by atoms with E-state index in [0.29, 0.717) is 33.8 Å². The summed E-state index contributed by atoms with van der Waals surface area (Å²) in [6.45, 7) is 0.